The smallest absolute Gasteiger partial charge is 0.410 e. The van der Waals surface area contributed by atoms with Crippen molar-refractivity contribution in [1.29, 1.82) is 0 Å². The van der Waals surface area contributed by atoms with E-state index in [4.69, 9.17) is 9.47 Å². The second-order valence-electron chi connectivity index (χ2n) is 10.5. The Morgan fingerprint density at radius 3 is 2.09 bits per heavy atom. The number of aliphatic hydroxyl groups is 1. The summed E-state index contributed by atoms with van der Waals surface area (Å²) in [5.74, 6) is -0.00290. The molecular formula is C28H36N2O5. The lowest BCUT2D eigenvalue weighted by molar-refractivity contribution is -0.146. The van der Waals surface area contributed by atoms with Crippen LogP contribution in [-0.2, 0) is 16.1 Å². The van der Waals surface area contributed by atoms with Gasteiger partial charge in [-0.05, 0) is 63.3 Å². The number of amides is 2. The van der Waals surface area contributed by atoms with Gasteiger partial charge in [0.25, 0.3) is 0 Å². The maximum Gasteiger partial charge on any atom is 0.410 e. The fourth-order valence-corrected chi connectivity index (χ4v) is 4.63. The molecule has 1 aliphatic heterocycles. The van der Waals surface area contributed by atoms with Gasteiger partial charge in [-0.25, -0.2) is 4.79 Å². The third-order valence-electron chi connectivity index (χ3n) is 6.71. The van der Waals surface area contributed by atoms with Crippen LogP contribution in [-0.4, -0.2) is 64.3 Å². The molecule has 1 heterocycles. The van der Waals surface area contributed by atoms with E-state index in [1.807, 2.05) is 75.4 Å². The van der Waals surface area contributed by atoms with Crippen LogP contribution in [0.1, 0.15) is 57.1 Å². The highest BCUT2D eigenvalue weighted by Crippen LogP contribution is 2.44. The Bertz CT molecular complexity index is 1000. The monoisotopic (exact) mass is 480 g/mol. The molecule has 0 radical (unpaired) electrons. The molecule has 0 aromatic heterocycles. The van der Waals surface area contributed by atoms with Crippen molar-refractivity contribution < 1.29 is 24.2 Å². The van der Waals surface area contributed by atoms with Gasteiger partial charge in [-0.1, -0.05) is 42.5 Å². The lowest BCUT2D eigenvalue weighted by Gasteiger charge is -2.45. The number of rotatable bonds is 6. The van der Waals surface area contributed by atoms with Gasteiger partial charge in [0.15, 0.2) is 0 Å². The SMILES string of the molecule is CC(C)(C)OC(=O)N1CCN(C(=O)C(c2ccc(OCc3ccccc3)cc2)C2(O)CCC2)CC1. The summed E-state index contributed by atoms with van der Waals surface area (Å²) in [5, 5.41) is 11.3. The van der Waals surface area contributed by atoms with Gasteiger partial charge in [-0.15, -0.1) is 0 Å². The van der Waals surface area contributed by atoms with E-state index in [9.17, 15) is 14.7 Å². The average molecular weight is 481 g/mol. The Balaban J connectivity index is 1.41. The minimum atomic E-state index is -1.04. The Morgan fingerprint density at radius 1 is 0.943 bits per heavy atom. The summed E-state index contributed by atoms with van der Waals surface area (Å²) < 4.78 is 11.4. The minimum absolute atomic E-state index is 0.0889. The van der Waals surface area contributed by atoms with E-state index in [1.54, 1.807) is 9.80 Å². The first-order valence-electron chi connectivity index (χ1n) is 12.4. The second kappa shape index (κ2) is 10.3. The molecule has 188 valence electrons. The highest BCUT2D eigenvalue weighted by atomic mass is 16.6. The largest absolute Gasteiger partial charge is 0.489 e. The van der Waals surface area contributed by atoms with Crippen molar-refractivity contribution in [3.05, 3.63) is 65.7 Å². The van der Waals surface area contributed by atoms with E-state index in [-0.39, 0.29) is 12.0 Å². The molecule has 1 aliphatic carbocycles. The van der Waals surface area contributed by atoms with Crippen LogP contribution in [0, 0.1) is 0 Å². The van der Waals surface area contributed by atoms with Gasteiger partial charge in [0, 0.05) is 26.2 Å². The van der Waals surface area contributed by atoms with Crippen molar-refractivity contribution in [2.45, 2.75) is 63.8 Å². The highest BCUT2D eigenvalue weighted by Gasteiger charge is 2.48. The Kier molecular flexibility index (Phi) is 7.36. The fraction of sp³-hybridized carbons (Fsp3) is 0.500. The molecular weight excluding hydrogens is 444 g/mol. The molecule has 4 rings (SSSR count). The van der Waals surface area contributed by atoms with Crippen LogP contribution in [0.15, 0.2) is 54.6 Å². The number of carbonyl (C=O) groups excluding carboxylic acids is 2. The molecule has 2 fully saturated rings. The maximum atomic E-state index is 13.6. The van der Waals surface area contributed by atoms with E-state index in [0.717, 1.165) is 23.3 Å². The van der Waals surface area contributed by atoms with Crippen LogP contribution in [0.2, 0.25) is 0 Å². The van der Waals surface area contributed by atoms with Crippen molar-refractivity contribution in [1.82, 2.24) is 9.80 Å². The van der Waals surface area contributed by atoms with Crippen LogP contribution in [0.4, 0.5) is 4.79 Å². The summed E-state index contributed by atoms with van der Waals surface area (Å²) in [6, 6.07) is 17.4. The zero-order valence-electron chi connectivity index (χ0n) is 20.9. The lowest BCUT2D eigenvalue weighted by Crippen LogP contribution is -2.56. The number of piperazine rings is 1. The highest BCUT2D eigenvalue weighted by molar-refractivity contribution is 5.86. The molecule has 2 amide bonds. The molecule has 1 N–H and O–H groups in total. The van der Waals surface area contributed by atoms with E-state index < -0.39 is 17.1 Å². The van der Waals surface area contributed by atoms with Crippen LogP contribution in [0.3, 0.4) is 0 Å². The molecule has 2 aromatic carbocycles. The molecule has 7 nitrogen and oxygen atoms in total. The number of ether oxygens (including phenoxy) is 2. The molecule has 1 saturated heterocycles. The zero-order valence-corrected chi connectivity index (χ0v) is 20.9. The fourth-order valence-electron chi connectivity index (χ4n) is 4.63. The minimum Gasteiger partial charge on any atom is -0.489 e. The first-order chi connectivity index (χ1) is 16.6. The van der Waals surface area contributed by atoms with Crippen molar-refractivity contribution in [2.75, 3.05) is 26.2 Å². The van der Waals surface area contributed by atoms with Gasteiger partial charge in [0.1, 0.15) is 18.0 Å². The van der Waals surface area contributed by atoms with Crippen molar-refractivity contribution in [3.63, 3.8) is 0 Å². The molecule has 2 aromatic rings. The van der Waals surface area contributed by atoms with E-state index in [2.05, 4.69) is 0 Å². The molecule has 0 bridgehead atoms. The van der Waals surface area contributed by atoms with Gasteiger partial charge >= 0.3 is 6.09 Å². The Morgan fingerprint density at radius 2 is 1.54 bits per heavy atom. The second-order valence-corrected chi connectivity index (χ2v) is 10.5. The maximum absolute atomic E-state index is 13.6. The quantitative estimate of drug-likeness (QED) is 0.665. The first-order valence-corrected chi connectivity index (χ1v) is 12.4. The number of benzene rings is 2. The summed E-state index contributed by atoms with van der Waals surface area (Å²) in [6.07, 6.45) is 1.76. The van der Waals surface area contributed by atoms with Gasteiger partial charge in [0.05, 0.1) is 11.5 Å². The average Bonchev–Trinajstić information content (AvgIpc) is 2.82. The van der Waals surface area contributed by atoms with Gasteiger partial charge in [-0.2, -0.15) is 0 Å². The summed E-state index contributed by atoms with van der Waals surface area (Å²) in [7, 11) is 0. The molecule has 1 atom stereocenters. The van der Waals surface area contributed by atoms with Crippen molar-refractivity contribution in [2.24, 2.45) is 0 Å². The normalized spacial score (nSPS) is 18.4. The van der Waals surface area contributed by atoms with E-state index in [1.165, 1.54) is 0 Å². The first kappa shape index (κ1) is 25.0. The molecule has 2 aliphatic rings. The van der Waals surface area contributed by atoms with Gasteiger partial charge < -0.3 is 24.4 Å². The molecule has 0 spiro atoms. The predicted molar refractivity (Wildman–Crippen MR) is 133 cm³/mol. The summed E-state index contributed by atoms with van der Waals surface area (Å²) >= 11 is 0. The van der Waals surface area contributed by atoms with E-state index in [0.29, 0.717) is 45.6 Å². The van der Waals surface area contributed by atoms with Crippen LogP contribution < -0.4 is 4.74 Å². The topological polar surface area (TPSA) is 79.3 Å². The third-order valence-corrected chi connectivity index (χ3v) is 6.71. The summed E-state index contributed by atoms with van der Waals surface area (Å²) in [5.41, 5.74) is 0.281. The summed E-state index contributed by atoms with van der Waals surface area (Å²) in [6.45, 7) is 7.65. The molecule has 7 heteroatoms. The Labute approximate surface area is 207 Å². The van der Waals surface area contributed by atoms with Crippen LogP contribution in [0.5, 0.6) is 5.75 Å². The third kappa shape index (κ3) is 6.14. The number of carbonyl (C=O) groups is 2. The Hall–Kier alpha value is -3.06. The zero-order chi connectivity index (χ0) is 25.1. The van der Waals surface area contributed by atoms with Crippen LogP contribution >= 0.6 is 0 Å². The lowest BCUT2D eigenvalue weighted by atomic mass is 9.68. The standard InChI is InChI=1S/C28H36N2O5/c1-27(2,3)35-26(32)30-18-16-29(17-19-30)25(31)24(28(33)14-7-15-28)22-10-12-23(13-11-22)34-20-21-8-5-4-6-9-21/h4-6,8-13,24,33H,7,14-20H2,1-3H3. The molecule has 35 heavy (non-hydrogen) atoms. The molecule has 1 saturated carbocycles. The van der Waals surface area contributed by atoms with Gasteiger partial charge in [0.2, 0.25) is 5.91 Å². The number of nitrogens with zero attached hydrogens (tertiary/aromatic N) is 2. The predicted octanol–water partition coefficient (Wildman–Crippen LogP) is 4.34. The van der Waals surface area contributed by atoms with Gasteiger partial charge in [-0.3, -0.25) is 4.79 Å². The summed E-state index contributed by atoms with van der Waals surface area (Å²) in [4.78, 5) is 29.4. The molecule has 1 unspecified atom stereocenters. The van der Waals surface area contributed by atoms with E-state index >= 15 is 0 Å². The van der Waals surface area contributed by atoms with Crippen molar-refractivity contribution in [3.8, 4) is 5.75 Å². The van der Waals surface area contributed by atoms with Crippen LogP contribution in [0.25, 0.3) is 0 Å². The number of hydrogen-bond acceptors (Lipinski definition) is 5. The van der Waals surface area contributed by atoms with Crippen molar-refractivity contribution >= 4 is 12.0 Å². The number of hydrogen-bond donors (Lipinski definition) is 1.